The van der Waals surface area contributed by atoms with Gasteiger partial charge in [0.15, 0.2) is 0 Å². The van der Waals surface area contributed by atoms with Crippen LogP contribution in [-0.4, -0.2) is 103 Å². The van der Waals surface area contributed by atoms with Gasteiger partial charge in [-0.25, -0.2) is 0 Å². The molecule has 0 aromatic heterocycles. The number of piperidine rings is 1. The molecule has 1 N–H and O–H groups in total. The maximum absolute atomic E-state index is 3.63. The van der Waals surface area contributed by atoms with Gasteiger partial charge in [0.2, 0.25) is 0 Å². The minimum absolute atomic E-state index is 0. The predicted octanol–water partition coefficient (Wildman–Crippen LogP) is 9.52. The Labute approximate surface area is 314 Å². The summed E-state index contributed by atoms with van der Waals surface area (Å²) in [6, 6.07) is 30.8. The number of anilines is 3. The van der Waals surface area contributed by atoms with Gasteiger partial charge < -0.3 is 15.1 Å². The molecule has 3 saturated heterocycles. The van der Waals surface area contributed by atoms with E-state index in [4.69, 9.17) is 0 Å². The van der Waals surface area contributed by atoms with Crippen molar-refractivity contribution in [2.24, 2.45) is 0 Å². The largest absolute Gasteiger partial charge is 0.382 e. The topological polar surface area (TPSA) is 28.2 Å². The lowest BCUT2D eigenvalue weighted by atomic mass is 9.98. The molecular weight excluding hydrogens is 625 g/mol. The van der Waals surface area contributed by atoms with Gasteiger partial charge in [0.25, 0.3) is 0 Å². The van der Waals surface area contributed by atoms with E-state index in [2.05, 4.69) is 184 Å². The number of benzene rings is 3. The summed E-state index contributed by atoms with van der Waals surface area (Å²) in [7, 11) is 0. The Balaban J connectivity index is 0.000000205. The van der Waals surface area contributed by atoms with Crippen LogP contribution in [0.25, 0.3) is 0 Å². The maximum atomic E-state index is 3.63. The van der Waals surface area contributed by atoms with Crippen LogP contribution in [0.5, 0.6) is 0 Å². The first-order valence-corrected chi connectivity index (χ1v) is 19.3. The summed E-state index contributed by atoms with van der Waals surface area (Å²) in [6.45, 7) is 34.5. The van der Waals surface area contributed by atoms with Crippen LogP contribution < -0.4 is 15.1 Å². The summed E-state index contributed by atoms with van der Waals surface area (Å²) in [5.41, 5.74) is 6.24. The molecule has 6 heteroatoms. The summed E-state index contributed by atoms with van der Waals surface area (Å²) in [5.74, 6) is 0. The monoisotopic (exact) mass is 699 g/mol. The molecule has 0 spiro atoms. The van der Waals surface area contributed by atoms with Crippen molar-refractivity contribution in [2.75, 3.05) is 80.6 Å². The van der Waals surface area contributed by atoms with Gasteiger partial charge in [0.1, 0.15) is 0 Å². The molecule has 3 aliphatic heterocycles. The zero-order valence-electron chi connectivity index (χ0n) is 33.4. The highest BCUT2D eigenvalue weighted by Crippen LogP contribution is 2.24. The Morgan fingerprint density at radius 3 is 1.20 bits per heavy atom. The molecule has 0 unspecified atom stereocenters. The van der Waals surface area contributed by atoms with E-state index in [1.54, 1.807) is 0 Å². The average Bonchev–Trinajstić information content (AvgIpc) is 3.09. The average molecular weight is 699 g/mol. The molecule has 284 valence electrons. The lowest BCUT2D eigenvalue weighted by Crippen LogP contribution is -2.53. The second-order valence-electron chi connectivity index (χ2n) is 17.4. The van der Waals surface area contributed by atoms with Crippen LogP contribution in [0, 0.1) is 6.92 Å². The fraction of sp³-hybridized carbons (Fsp3) is 0.600. The summed E-state index contributed by atoms with van der Waals surface area (Å²) < 4.78 is 0. The molecule has 51 heavy (non-hydrogen) atoms. The first kappa shape index (κ1) is 42.4. The number of rotatable bonds is 4. The molecule has 0 bridgehead atoms. The van der Waals surface area contributed by atoms with Gasteiger partial charge >= 0.3 is 0 Å². The van der Waals surface area contributed by atoms with Crippen LogP contribution in [0.2, 0.25) is 0 Å². The Bertz CT molecular complexity index is 1350. The van der Waals surface area contributed by atoms with Crippen LogP contribution in [0.4, 0.5) is 17.1 Å². The Hall–Kier alpha value is -3.06. The molecular formula is C45H74N6. The molecule has 0 aliphatic carbocycles. The van der Waals surface area contributed by atoms with Crippen LogP contribution >= 0.6 is 0 Å². The van der Waals surface area contributed by atoms with Gasteiger partial charge in [-0.2, -0.15) is 0 Å². The second kappa shape index (κ2) is 19.1. The minimum Gasteiger partial charge on any atom is -0.382 e. The van der Waals surface area contributed by atoms with Gasteiger partial charge in [-0.3, -0.25) is 14.7 Å². The summed E-state index contributed by atoms with van der Waals surface area (Å²) in [6.07, 6.45) is 2.48. The number of hydrogen-bond acceptors (Lipinski definition) is 6. The van der Waals surface area contributed by atoms with Crippen LogP contribution in [0.3, 0.4) is 0 Å². The normalized spacial score (nSPS) is 18.5. The minimum atomic E-state index is 0. The van der Waals surface area contributed by atoms with Crippen LogP contribution in [0.1, 0.15) is 88.1 Å². The van der Waals surface area contributed by atoms with E-state index in [9.17, 15) is 0 Å². The van der Waals surface area contributed by atoms with Gasteiger partial charge in [-0.1, -0.05) is 61.5 Å². The third-order valence-corrected chi connectivity index (χ3v) is 10.6. The molecule has 3 heterocycles. The number of nitrogens with one attached hydrogen (secondary N) is 1. The number of para-hydroxylation sites is 2. The molecule has 3 aromatic rings. The van der Waals surface area contributed by atoms with Crippen molar-refractivity contribution in [2.45, 2.75) is 112 Å². The van der Waals surface area contributed by atoms with Crippen molar-refractivity contribution in [3.8, 4) is 0 Å². The van der Waals surface area contributed by atoms with E-state index < -0.39 is 0 Å². The van der Waals surface area contributed by atoms with E-state index in [1.807, 2.05) is 0 Å². The molecule has 3 aromatic carbocycles. The number of nitrogens with zero attached hydrogens (tertiary/aromatic N) is 5. The Kier molecular flexibility index (Phi) is 15.9. The molecule has 6 rings (SSSR count). The van der Waals surface area contributed by atoms with Gasteiger partial charge in [-0.15, -0.1) is 0 Å². The molecule has 3 fully saturated rings. The van der Waals surface area contributed by atoms with E-state index in [1.165, 1.54) is 61.6 Å². The smallest absolute Gasteiger partial charge is 0.0367 e. The highest BCUT2D eigenvalue weighted by atomic mass is 15.3. The zero-order valence-corrected chi connectivity index (χ0v) is 33.4. The van der Waals surface area contributed by atoms with Crippen molar-refractivity contribution in [1.82, 2.24) is 14.7 Å². The molecule has 3 aliphatic rings. The molecule has 0 saturated carbocycles. The standard InChI is InChI=1S/2C15H24N2.C14H22N2.CH4/c1-13-5-7-14(8-6-13)16-9-11-17(12-10-16)15(2,3)4;1-15(2,3)17-11-9-14(10-12-17)16-13-7-5-4-6-8-13;1-14(2,3)16-11-9-15(10-12-16)13-7-5-4-6-8-13;/h5-8H,9-12H2,1-4H3;4-8,14,16H,9-12H2,1-3H3;4-8H,9-12H2,1-3H3;1H4. The van der Waals surface area contributed by atoms with Gasteiger partial charge in [-0.05, 0) is 118 Å². The Morgan fingerprint density at radius 1 is 0.451 bits per heavy atom. The fourth-order valence-electron chi connectivity index (χ4n) is 7.13. The summed E-state index contributed by atoms with van der Waals surface area (Å²) in [4.78, 5) is 12.7. The number of piperazine rings is 2. The highest BCUT2D eigenvalue weighted by molar-refractivity contribution is 5.48. The van der Waals surface area contributed by atoms with Crippen molar-refractivity contribution < 1.29 is 0 Å². The second-order valence-corrected chi connectivity index (χ2v) is 17.4. The van der Waals surface area contributed by atoms with E-state index in [0.29, 0.717) is 22.7 Å². The maximum Gasteiger partial charge on any atom is 0.0367 e. The first-order chi connectivity index (χ1) is 23.6. The lowest BCUT2D eigenvalue weighted by Gasteiger charge is -2.43. The van der Waals surface area contributed by atoms with Gasteiger partial charge in [0, 0.05) is 105 Å². The van der Waals surface area contributed by atoms with Gasteiger partial charge in [0.05, 0.1) is 0 Å². The molecule has 0 amide bonds. The van der Waals surface area contributed by atoms with E-state index >= 15 is 0 Å². The number of likely N-dealkylation sites (tertiary alicyclic amines) is 1. The predicted molar refractivity (Wildman–Crippen MR) is 226 cm³/mol. The number of aryl methyl sites for hydroxylation is 1. The zero-order chi connectivity index (χ0) is 36.4. The molecule has 0 radical (unpaired) electrons. The van der Waals surface area contributed by atoms with Crippen molar-refractivity contribution in [1.29, 1.82) is 0 Å². The van der Waals surface area contributed by atoms with Crippen molar-refractivity contribution >= 4 is 17.1 Å². The lowest BCUT2D eigenvalue weighted by molar-refractivity contribution is 0.106. The SMILES string of the molecule is C.CC(C)(C)N1CCC(Nc2ccccc2)CC1.CC(C)(C)N1CCN(c2ccccc2)CC1.Cc1ccc(N2CCN(C(C)(C)C)CC2)cc1. The van der Waals surface area contributed by atoms with Crippen LogP contribution in [-0.2, 0) is 0 Å². The Morgan fingerprint density at radius 2 is 0.804 bits per heavy atom. The highest BCUT2D eigenvalue weighted by Gasteiger charge is 2.28. The summed E-state index contributed by atoms with van der Waals surface area (Å²) >= 11 is 0. The molecule has 6 nitrogen and oxygen atoms in total. The van der Waals surface area contributed by atoms with Crippen molar-refractivity contribution in [3.63, 3.8) is 0 Å². The molecule has 0 atom stereocenters. The quantitative estimate of drug-likeness (QED) is 0.292. The van der Waals surface area contributed by atoms with E-state index in [-0.39, 0.29) is 7.43 Å². The summed E-state index contributed by atoms with van der Waals surface area (Å²) in [5, 5.41) is 3.63. The first-order valence-electron chi connectivity index (χ1n) is 19.3. The fourth-order valence-corrected chi connectivity index (χ4v) is 7.13. The van der Waals surface area contributed by atoms with Crippen molar-refractivity contribution in [3.05, 3.63) is 90.5 Å². The van der Waals surface area contributed by atoms with Crippen LogP contribution in [0.15, 0.2) is 84.9 Å². The number of hydrogen-bond donors (Lipinski definition) is 1. The van der Waals surface area contributed by atoms with E-state index in [0.717, 1.165) is 39.3 Å². The third kappa shape index (κ3) is 13.8. The third-order valence-electron chi connectivity index (χ3n) is 10.6.